The van der Waals surface area contributed by atoms with Gasteiger partial charge < -0.3 is 5.32 Å². The molecule has 96 valence electrons. The molecule has 0 heterocycles. The van der Waals surface area contributed by atoms with E-state index >= 15 is 0 Å². The Bertz CT molecular complexity index is 366. The lowest BCUT2D eigenvalue weighted by atomic mass is 10.1. The molecule has 2 nitrogen and oxygen atoms in total. The molecule has 4 heteroatoms. The Morgan fingerprint density at radius 3 is 2.71 bits per heavy atom. The van der Waals surface area contributed by atoms with Gasteiger partial charge in [-0.05, 0) is 38.4 Å². The number of hydrogen-bond acceptors (Lipinski definition) is 2. The highest BCUT2D eigenvalue weighted by Gasteiger charge is 2.09. The lowest BCUT2D eigenvalue weighted by Gasteiger charge is -2.13. The summed E-state index contributed by atoms with van der Waals surface area (Å²) < 4.78 is 12.0. The third-order valence-electron chi connectivity index (χ3n) is 2.87. The van der Waals surface area contributed by atoms with E-state index in [1.165, 1.54) is 0 Å². The Hall–Kier alpha value is -0.380. The van der Waals surface area contributed by atoms with E-state index in [2.05, 4.69) is 12.2 Å². The molecule has 17 heavy (non-hydrogen) atoms. The second kappa shape index (κ2) is 7.85. The molecule has 1 rings (SSSR count). The molecular formula is C13H20ClNOS. The summed E-state index contributed by atoms with van der Waals surface area (Å²) >= 11 is 6.01. The molecule has 1 N–H and O–H groups in total. The van der Waals surface area contributed by atoms with Gasteiger partial charge >= 0.3 is 0 Å². The van der Waals surface area contributed by atoms with Crippen LogP contribution >= 0.6 is 11.6 Å². The highest BCUT2D eigenvalue weighted by atomic mass is 35.5. The Balaban J connectivity index is 2.43. The maximum absolute atomic E-state index is 12.0. The van der Waals surface area contributed by atoms with Crippen molar-refractivity contribution in [1.82, 2.24) is 5.32 Å². The largest absolute Gasteiger partial charge is 0.317 e. The molecule has 0 saturated heterocycles. The smallest absolute Gasteiger partial charge is 0.0574 e. The molecule has 1 aromatic carbocycles. The summed E-state index contributed by atoms with van der Waals surface area (Å²) in [6.07, 6.45) is 3.12. The molecule has 2 atom stereocenters. The van der Waals surface area contributed by atoms with Gasteiger partial charge in [0, 0.05) is 11.8 Å². The van der Waals surface area contributed by atoms with Crippen molar-refractivity contribution in [3.05, 3.63) is 29.3 Å². The normalized spacial score (nSPS) is 14.5. The highest BCUT2D eigenvalue weighted by Crippen LogP contribution is 2.19. The molecule has 0 saturated carbocycles. The van der Waals surface area contributed by atoms with Gasteiger partial charge in [0.2, 0.25) is 0 Å². The van der Waals surface area contributed by atoms with Gasteiger partial charge in [-0.15, -0.1) is 0 Å². The van der Waals surface area contributed by atoms with Crippen molar-refractivity contribution in [2.75, 3.05) is 12.8 Å². The molecular weight excluding hydrogens is 254 g/mol. The van der Waals surface area contributed by atoms with Crippen LogP contribution in [0.2, 0.25) is 5.02 Å². The first-order chi connectivity index (χ1) is 8.19. The number of hydrogen-bond donors (Lipinski definition) is 1. The van der Waals surface area contributed by atoms with Gasteiger partial charge in [0.05, 0.1) is 20.7 Å². The molecule has 0 fully saturated rings. The topological polar surface area (TPSA) is 29.1 Å². The van der Waals surface area contributed by atoms with Crippen LogP contribution in [0.15, 0.2) is 29.2 Å². The maximum Gasteiger partial charge on any atom is 0.0574 e. The van der Waals surface area contributed by atoms with Crippen molar-refractivity contribution in [1.29, 1.82) is 0 Å². The summed E-state index contributed by atoms with van der Waals surface area (Å²) in [4.78, 5) is 0.756. The SMILES string of the molecule is CCC(CCCS(=O)c1ccccc1Cl)NC. The number of benzene rings is 1. The molecule has 2 unspecified atom stereocenters. The predicted molar refractivity (Wildman–Crippen MR) is 75.1 cm³/mol. The summed E-state index contributed by atoms with van der Waals surface area (Å²) in [6.45, 7) is 2.16. The summed E-state index contributed by atoms with van der Waals surface area (Å²) in [5.74, 6) is 0.682. The van der Waals surface area contributed by atoms with E-state index in [4.69, 9.17) is 11.6 Å². The molecule has 0 aliphatic carbocycles. The lowest BCUT2D eigenvalue weighted by Crippen LogP contribution is -2.24. The van der Waals surface area contributed by atoms with Gasteiger partial charge in [-0.3, -0.25) is 4.21 Å². The van der Waals surface area contributed by atoms with Crippen LogP contribution in [0.1, 0.15) is 26.2 Å². The van der Waals surface area contributed by atoms with Crippen LogP contribution in [0.5, 0.6) is 0 Å². The number of nitrogens with one attached hydrogen (secondary N) is 1. The van der Waals surface area contributed by atoms with Crippen LogP contribution in [0.25, 0.3) is 0 Å². The molecule has 0 amide bonds. The zero-order chi connectivity index (χ0) is 12.7. The van der Waals surface area contributed by atoms with Crippen LogP contribution < -0.4 is 5.32 Å². The Morgan fingerprint density at radius 2 is 2.12 bits per heavy atom. The maximum atomic E-state index is 12.0. The van der Waals surface area contributed by atoms with Crippen LogP contribution in [-0.4, -0.2) is 23.1 Å². The van der Waals surface area contributed by atoms with Gasteiger partial charge in [-0.25, -0.2) is 0 Å². The van der Waals surface area contributed by atoms with Crippen molar-refractivity contribution in [3.8, 4) is 0 Å². The van der Waals surface area contributed by atoms with Gasteiger partial charge in [0.25, 0.3) is 0 Å². The summed E-state index contributed by atoms with van der Waals surface area (Å²) in [5.41, 5.74) is 0. The Labute approximate surface area is 111 Å². The van der Waals surface area contributed by atoms with E-state index in [-0.39, 0.29) is 0 Å². The van der Waals surface area contributed by atoms with Crippen molar-refractivity contribution < 1.29 is 4.21 Å². The fourth-order valence-electron chi connectivity index (χ4n) is 1.75. The molecule has 0 aliphatic heterocycles. The third-order valence-corrected chi connectivity index (χ3v) is 4.81. The van der Waals surface area contributed by atoms with Gasteiger partial charge in [-0.1, -0.05) is 30.7 Å². The molecule has 0 bridgehead atoms. The van der Waals surface area contributed by atoms with E-state index in [0.29, 0.717) is 16.8 Å². The second-order valence-corrected chi connectivity index (χ2v) is 5.96. The van der Waals surface area contributed by atoms with Crippen molar-refractivity contribution in [2.45, 2.75) is 37.1 Å². The molecule has 0 aliphatic rings. The standard InChI is InChI=1S/C13H20ClNOS/c1-3-11(15-2)7-6-10-17(16)13-9-5-4-8-12(13)14/h4-5,8-9,11,15H,3,6-7,10H2,1-2H3. The van der Waals surface area contributed by atoms with Crippen LogP contribution in [0, 0.1) is 0 Å². The summed E-state index contributed by atoms with van der Waals surface area (Å²) in [7, 11) is 0.996. The average molecular weight is 274 g/mol. The molecule has 0 aromatic heterocycles. The van der Waals surface area contributed by atoms with Crippen molar-refractivity contribution >= 4 is 22.4 Å². The monoisotopic (exact) mass is 273 g/mol. The van der Waals surface area contributed by atoms with E-state index in [9.17, 15) is 4.21 Å². The summed E-state index contributed by atoms with van der Waals surface area (Å²) in [5, 5.41) is 3.85. The number of rotatable bonds is 7. The van der Waals surface area contributed by atoms with Gasteiger partial charge in [0.1, 0.15) is 0 Å². The van der Waals surface area contributed by atoms with Crippen LogP contribution in [0.3, 0.4) is 0 Å². The highest BCUT2D eigenvalue weighted by molar-refractivity contribution is 7.85. The second-order valence-electron chi connectivity index (χ2n) is 4.02. The minimum absolute atomic E-state index is 0.526. The van der Waals surface area contributed by atoms with E-state index in [0.717, 1.165) is 24.2 Å². The average Bonchev–Trinajstić information content (AvgIpc) is 2.35. The predicted octanol–water partition coefficient (Wildman–Crippen LogP) is 3.23. The first-order valence-electron chi connectivity index (χ1n) is 5.99. The van der Waals surface area contributed by atoms with Gasteiger partial charge in [0.15, 0.2) is 0 Å². The van der Waals surface area contributed by atoms with Gasteiger partial charge in [-0.2, -0.15) is 0 Å². The molecule has 1 aromatic rings. The number of halogens is 1. The first-order valence-corrected chi connectivity index (χ1v) is 7.68. The molecule has 0 spiro atoms. The van der Waals surface area contributed by atoms with Crippen LogP contribution in [0.4, 0.5) is 0 Å². The fraction of sp³-hybridized carbons (Fsp3) is 0.538. The van der Waals surface area contributed by atoms with E-state index in [1.54, 1.807) is 6.07 Å². The zero-order valence-electron chi connectivity index (χ0n) is 10.4. The zero-order valence-corrected chi connectivity index (χ0v) is 12.0. The van der Waals surface area contributed by atoms with Crippen LogP contribution in [-0.2, 0) is 10.8 Å². The van der Waals surface area contributed by atoms with E-state index in [1.807, 2.05) is 25.2 Å². The molecule has 0 radical (unpaired) electrons. The van der Waals surface area contributed by atoms with Crippen molar-refractivity contribution in [3.63, 3.8) is 0 Å². The third kappa shape index (κ3) is 4.78. The van der Waals surface area contributed by atoms with Crippen molar-refractivity contribution in [2.24, 2.45) is 0 Å². The summed E-state index contributed by atoms with van der Waals surface area (Å²) in [6, 6.07) is 7.89. The fourth-order valence-corrected chi connectivity index (χ4v) is 3.31. The lowest BCUT2D eigenvalue weighted by molar-refractivity contribution is 0.503. The Kier molecular flexibility index (Phi) is 6.78. The van der Waals surface area contributed by atoms with E-state index < -0.39 is 10.8 Å². The minimum atomic E-state index is -0.975. The quantitative estimate of drug-likeness (QED) is 0.826. The minimum Gasteiger partial charge on any atom is -0.317 e. The first kappa shape index (κ1) is 14.7. The Morgan fingerprint density at radius 1 is 1.41 bits per heavy atom.